The number of piperidine rings is 1. The van der Waals surface area contributed by atoms with Crippen molar-refractivity contribution in [1.82, 2.24) is 34.6 Å². The Kier molecular flexibility index (Phi) is 9.31. The van der Waals surface area contributed by atoms with Crippen LogP contribution in [0.25, 0.3) is 22.3 Å². The molecule has 2 fully saturated rings. The lowest BCUT2D eigenvalue weighted by Crippen LogP contribution is -2.57. The van der Waals surface area contributed by atoms with E-state index < -0.39 is 17.6 Å². The van der Waals surface area contributed by atoms with Crippen LogP contribution in [0.2, 0.25) is 0 Å². The number of anilines is 1. The number of imidazole rings is 1. The number of hydrogen-bond acceptors (Lipinski definition) is 10. The van der Waals surface area contributed by atoms with Crippen LogP contribution in [0.15, 0.2) is 18.3 Å². The summed E-state index contributed by atoms with van der Waals surface area (Å²) in [5.74, 6) is -0.607. The van der Waals surface area contributed by atoms with E-state index >= 15 is 8.78 Å². The Morgan fingerprint density at radius 3 is 2.62 bits per heavy atom. The van der Waals surface area contributed by atoms with Crippen molar-refractivity contribution < 1.29 is 18.3 Å². The van der Waals surface area contributed by atoms with Gasteiger partial charge in [-0.05, 0) is 44.9 Å². The second kappa shape index (κ2) is 12.9. The highest BCUT2D eigenvalue weighted by molar-refractivity contribution is 5.83. The van der Waals surface area contributed by atoms with Crippen LogP contribution >= 0.6 is 0 Å². The molecule has 0 bridgehead atoms. The zero-order valence-electron chi connectivity index (χ0n) is 24.7. The van der Waals surface area contributed by atoms with Crippen molar-refractivity contribution >= 4 is 23.0 Å². The number of hydrogen-bond donors (Lipinski definition) is 3. The van der Waals surface area contributed by atoms with E-state index in [-0.39, 0.29) is 47.4 Å². The molecule has 42 heavy (non-hydrogen) atoms. The van der Waals surface area contributed by atoms with E-state index in [9.17, 15) is 4.79 Å². The fraction of sp³-hybridized carbons (Fsp3) is 0.586. The molecular formula is C29H41F2N9O2. The Bertz CT molecular complexity index is 1410. The van der Waals surface area contributed by atoms with Crippen molar-refractivity contribution in [2.45, 2.75) is 51.9 Å². The van der Waals surface area contributed by atoms with E-state index in [2.05, 4.69) is 42.3 Å². The van der Waals surface area contributed by atoms with E-state index in [1.165, 1.54) is 13.2 Å². The van der Waals surface area contributed by atoms with Gasteiger partial charge >= 0.3 is 5.97 Å². The molecule has 228 valence electrons. The largest absolute Gasteiger partial charge is 0.469 e. The van der Waals surface area contributed by atoms with Gasteiger partial charge in [0.25, 0.3) is 0 Å². The predicted octanol–water partition coefficient (Wildman–Crippen LogP) is 2.52. The predicted molar refractivity (Wildman–Crippen MR) is 157 cm³/mol. The standard InChI is InChI=1S/C29H41F2N9O2/c1-5-38-6-8-39(9-7-38)16-20-14-33-25(13-23(20)32)36-29-34-15-22(31)27(37-29)19-11-21(30)28-24(12-19)40(18(3)35-28)17(2)10-26(41)42-4/h11-12,15,17,20,23,25,33H,5-10,13-14,16,32H2,1-4H3,(H,34,36,37)/t17-,20?,23?,25?/m1/s1. The van der Waals surface area contributed by atoms with Crippen LogP contribution in [-0.4, -0.2) is 100 Å². The maximum atomic E-state index is 15.2. The Morgan fingerprint density at radius 1 is 1.19 bits per heavy atom. The average molecular weight is 586 g/mol. The minimum absolute atomic E-state index is 0.0140. The van der Waals surface area contributed by atoms with E-state index in [1.54, 1.807) is 17.6 Å². The van der Waals surface area contributed by atoms with Crippen molar-refractivity contribution in [2.24, 2.45) is 11.7 Å². The number of piperazine rings is 1. The highest BCUT2D eigenvalue weighted by Crippen LogP contribution is 2.31. The summed E-state index contributed by atoms with van der Waals surface area (Å²) in [7, 11) is 1.32. The van der Waals surface area contributed by atoms with Crippen LogP contribution in [0.5, 0.6) is 0 Å². The van der Waals surface area contributed by atoms with E-state index in [4.69, 9.17) is 10.5 Å². The van der Waals surface area contributed by atoms with Gasteiger partial charge in [0, 0.05) is 56.9 Å². The van der Waals surface area contributed by atoms with Gasteiger partial charge in [0.05, 0.1) is 31.4 Å². The Morgan fingerprint density at radius 2 is 1.93 bits per heavy atom. The van der Waals surface area contributed by atoms with Crippen LogP contribution in [-0.2, 0) is 9.53 Å². The Labute approximate surface area is 244 Å². The van der Waals surface area contributed by atoms with Gasteiger partial charge in [0.2, 0.25) is 5.95 Å². The fourth-order valence-corrected chi connectivity index (χ4v) is 6.10. The third-order valence-corrected chi connectivity index (χ3v) is 8.52. The van der Waals surface area contributed by atoms with Gasteiger partial charge in [-0.25, -0.2) is 23.7 Å². The molecule has 0 amide bonds. The minimum atomic E-state index is -0.679. The molecule has 13 heteroatoms. The number of nitrogens with zero attached hydrogens (tertiary/aromatic N) is 6. The lowest BCUT2D eigenvalue weighted by molar-refractivity contribution is -0.141. The summed E-state index contributed by atoms with van der Waals surface area (Å²) in [5, 5.41) is 6.73. The molecule has 3 unspecified atom stereocenters. The third kappa shape index (κ3) is 6.54. The summed E-state index contributed by atoms with van der Waals surface area (Å²) in [6, 6.07) is 2.50. The third-order valence-electron chi connectivity index (χ3n) is 8.52. The summed E-state index contributed by atoms with van der Waals surface area (Å²) in [6.45, 7) is 12.8. The summed E-state index contributed by atoms with van der Waals surface area (Å²) >= 11 is 0. The van der Waals surface area contributed by atoms with Crippen molar-refractivity contribution in [2.75, 3.05) is 58.2 Å². The molecule has 3 aromatic rings. The summed E-state index contributed by atoms with van der Waals surface area (Å²) in [5.41, 5.74) is 7.37. The average Bonchev–Trinajstić information content (AvgIpc) is 3.32. The molecule has 0 spiro atoms. The molecule has 4 heterocycles. The molecule has 4 N–H and O–H groups in total. The van der Waals surface area contributed by atoms with Crippen LogP contribution in [0, 0.1) is 24.5 Å². The first kappa shape index (κ1) is 30.2. The number of likely N-dealkylation sites (N-methyl/N-ethyl adjacent to an activating group) is 1. The van der Waals surface area contributed by atoms with E-state index in [1.807, 2.05) is 6.92 Å². The highest BCUT2D eigenvalue weighted by atomic mass is 19.1. The van der Waals surface area contributed by atoms with E-state index in [0.29, 0.717) is 23.7 Å². The number of aryl methyl sites for hydroxylation is 1. The van der Waals surface area contributed by atoms with Crippen molar-refractivity contribution in [1.29, 1.82) is 0 Å². The summed E-state index contributed by atoms with van der Waals surface area (Å²) in [6.07, 6.45) is 1.63. The van der Waals surface area contributed by atoms with Gasteiger partial charge in [-0.1, -0.05) is 6.92 Å². The number of nitrogens with one attached hydrogen (secondary N) is 2. The molecule has 1 aromatic carbocycles. The molecule has 0 radical (unpaired) electrons. The molecule has 4 atom stereocenters. The first-order chi connectivity index (χ1) is 20.2. The van der Waals surface area contributed by atoms with Gasteiger partial charge in [0.15, 0.2) is 11.6 Å². The first-order valence-electron chi connectivity index (χ1n) is 14.6. The molecule has 0 aliphatic carbocycles. The number of carbonyl (C=O) groups is 1. The van der Waals surface area contributed by atoms with Gasteiger partial charge in [0.1, 0.15) is 17.0 Å². The van der Waals surface area contributed by atoms with Crippen molar-refractivity contribution in [3.05, 3.63) is 35.8 Å². The molecule has 5 rings (SSSR count). The topological polar surface area (TPSA) is 126 Å². The van der Waals surface area contributed by atoms with Gasteiger partial charge < -0.3 is 30.2 Å². The summed E-state index contributed by atoms with van der Waals surface area (Å²) < 4.78 is 36.8. The number of esters is 1. The van der Waals surface area contributed by atoms with Crippen LogP contribution in [0.1, 0.15) is 38.6 Å². The molecule has 2 aliphatic heterocycles. The van der Waals surface area contributed by atoms with Crippen LogP contribution in [0.3, 0.4) is 0 Å². The number of nitrogens with two attached hydrogens (primary N) is 1. The number of ether oxygens (including phenoxy) is 1. The molecule has 0 saturated carbocycles. The summed E-state index contributed by atoms with van der Waals surface area (Å²) in [4.78, 5) is 29.7. The maximum absolute atomic E-state index is 15.2. The molecular weight excluding hydrogens is 544 g/mol. The number of halogens is 2. The van der Waals surface area contributed by atoms with Crippen LogP contribution < -0.4 is 16.4 Å². The number of methoxy groups -OCH3 is 1. The molecule has 2 aromatic heterocycles. The lowest BCUT2D eigenvalue weighted by Gasteiger charge is -2.40. The Hall–Kier alpha value is -3.26. The SMILES string of the molecule is CCN1CCN(CC2CNC(Nc3ncc(F)c(-c4cc(F)c5nc(C)n([C@H](C)CC(=O)OC)c5c4)n3)CC2N)CC1. The zero-order valence-corrected chi connectivity index (χ0v) is 24.7. The quantitative estimate of drug-likeness (QED) is 0.323. The molecule has 2 saturated heterocycles. The van der Waals surface area contributed by atoms with Gasteiger partial charge in [-0.15, -0.1) is 0 Å². The number of aromatic nitrogens is 4. The number of rotatable bonds is 9. The maximum Gasteiger partial charge on any atom is 0.307 e. The minimum Gasteiger partial charge on any atom is -0.469 e. The van der Waals surface area contributed by atoms with Crippen LogP contribution in [0.4, 0.5) is 14.7 Å². The number of benzene rings is 1. The smallest absolute Gasteiger partial charge is 0.307 e. The first-order valence-corrected chi connectivity index (χ1v) is 14.6. The van der Waals surface area contributed by atoms with Crippen molar-refractivity contribution in [3.8, 4) is 11.3 Å². The zero-order chi connectivity index (χ0) is 30.0. The van der Waals surface area contributed by atoms with Gasteiger partial charge in [-0.3, -0.25) is 10.1 Å². The van der Waals surface area contributed by atoms with Crippen molar-refractivity contribution in [3.63, 3.8) is 0 Å². The monoisotopic (exact) mass is 585 g/mol. The second-order valence-electron chi connectivity index (χ2n) is 11.4. The van der Waals surface area contributed by atoms with E-state index in [0.717, 1.165) is 52.0 Å². The number of carbonyl (C=O) groups excluding carboxylic acids is 1. The Balaban J connectivity index is 1.30. The normalized spacial score (nSPS) is 22.8. The lowest BCUT2D eigenvalue weighted by atomic mass is 9.91. The molecule has 2 aliphatic rings. The fourth-order valence-electron chi connectivity index (χ4n) is 6.10. The second-order valence-corrected chi connectivity index (χ2v) is 11.4. The number of fused-ring (bicyclic) bond motifs is 1. The highest BCUT2D eigenvalue weighted by Gasteiger charge is 2.30. The van der Waals surface area contributed by atoms with Gasteiger partial charge in [-0.2, -0.15) is 0 Å². The molecule has 11 nitrogen and oxygen atoms in total.